The summed E-state index contributed by atoms with van der Waals surface area (Å²) in [5.74, 6) is 1.33. The molecule has 40 heavy (non-hydrogen) atoms. The van der Waals surface area contributed by atoms with Crippen molar-refractivity contribution < 1.29 is 37.1 Å². The molecule has 2 aromatic rings. The number of amides is 1. The SMILES string of the molecule is COc1ccc(N2CCN(CCC(=O)N3CCC(Oc4ccc([N+](=O)[O-])c(C(F)(F)F)c4)CC3)CC2)cc1OC. The molecule has 0 aromatic heterocycles. The molecule has 0 saturated carbocycles. The minimum atomic E-state index is -4.87. The molecule has 1 amide bonds. The number of piperidine rings is 1. The fraction of sp³-hybridized carbons (Fsp3) is 0.519. The Morgan fingerprint density at radius 3 is 2.25 bits per heavy atom. The molecule has 0 radical (unpaired) electrons. The minimum Gasteiger partial charge on any atom is -0.493 e. The Bertz CT molecular complexity index is 1200. The number of nitro benzene ring substituents is 1. The first-order valence-corrected chi connectivity index (χ1v) is 13.1. The third-order valence-corrected chi connectivity index (χ3v) is 7.31. The quantitative estimate of drug-likeness (QED) is 0.329. The summed E-state index contributed by atoms with van der Waals surface area (Å²) >= 11 is 0. The van der Waals surface area contributed by atoms with Gasteiger partial charge in [-0.15, -0.1) is 0 Å². The Morgan fingerprint density at radius 2 is 1.65 bits per heavy atom. The van der Waals surface area contributed by atoms with Crippen LogP contribution in [0.5, 0.6) is 17.2 Å². The van der Waals surface area contributed by atoms with Crippen molar-refractivity contribution in [3.63, 3.8) is 0 Å². The number of halogens is 3. The molecular formula is C27H33F3N4O6. The average molecular weight is 567 g/mol. The third-order valence-electron chi connectivity index (χ3n) is 7.31. The summed E-state index contributed by atoms with van der Waals surface area (Å²) in [6.45, 7) is 4.83. The number of hydrogen-bond donors (Lipinski definition) is 0. The van der Waals surface area contributed by atoms with Gasteiger partial charge in [0.15, 0.2) is 11.5 Å². The Labute approximate surface area is 230 Å². The molecule has 2 aliphatic rings. The second kappa shape index (κ2) is 12.6. The van der Waals surface area contributed by atoms with E-state index < -0.39 is 22.4 Å². The first-order valence-electron chi connectivity index (χ1n) is 13.1. The fourth-order valence-electron chi connectivity index (χ4n) is 5.05. The van der Waals surface area contributed by atoms with Crippen molar-refractivity contribution in [1.29, 1.82) is 0 Å². The second-order valence-corrected chi connectivity index (χ2v) is 9.75. The summed E-state index contributed by atoms with van der Waals surface area (Å²) in [7, 11) is 3.21. The number of ether oxygens (including phenoxy) is 3. The van der Waals surface area contributed by atoms with Gasteiger partial charge in [-0.05, 0) is 24.3 Å². The van der Waals surface area contributed by atoms with Crippen LogP contribution in [0.3, 0.4) is 0 Å². The Morgan fingerprint density at radius 1 is 0.975 bits per heavy atom. The molecule has 0 atom stereocenters. The average Bonchev–Trinajstić information content (AvgIpc) is 2.95. The lowest BCUT2D eigenvalue weighted by Crippen LogP contribution is -2.48. The number of piperazine rings is 1. The number of anilines is 1. The highest BCUT2D eigenvalue weighted by Gasteiger charge is 2.39. The molecule has 0 N–H and O–H groups in total. The van der Waals surface area contributed by atoms with E-state index in [2.05, 4.69) is 9.80 Å². The molecule has 2 aliphatic heterocycles. The predicted molar refractivity (Wildman–Crippen MR) is 141 cm³/mol. The zero-order chi connectivity index (χ0) is 28.9. The van der Waals surface area contributed by atoms with E-state index in [1.807, 2.05) is 18.2 Å². The van der Waals surface area contributed by atoms with Crippen molar-refractivity contribution in [1.82, 2.24) is 9.80 Å². The van der Waals surface area contributed by atoms with Crippen LogP contribution < -0.4 is 19.1 Å². The maximum Gasteiger partial charge on any atom is 0.423 e. The molecule has 0 spiro atoms. The van der Waals surface area contributed by atoms with Crippen molar-refractivity contribution in [3.8, 4) is 17.2 Å². The van der Waals surface area contributed by atoms with Gasteiger partial charge in [0, 0.05) is 82.9 Å². The summed E-state index contributed by atoms with van der Waals surface area (Å²) in [5, 5.41) is 11.0. The lowest BCUT2D eigenvalue weighted by atomic mass is 10.1. The maximum atomic E-state index is 13.2. The van der Waals surface area contributed by atoms with Crippen LogP contribution in [0, 0.1) is 10.1 Å². The summed E-state index contributed by atoms with van der Waals surface area (Å²) < 4.78 is 56.1. The van der Waals surface area contributed by atoms with Crippen LogP contribution >= 0.6 is 0 Å². The zero-order valence-electron chi connectivity index (χ0n) is 22.5. The normalized spacial score (nSPS) is 17.0. The van der Waals surface area contributed by atoms with Gasteiger partial charge in [0.05, 0.1) is 19.1 Å². The molecular weight excluding hydrogens is 533 g/mol. The Hall–Kier alpha value is -3.74. The van der Waals surface area contributed by atoms with Crippen LogP contribution in [0.15, 0.2) is 36.4 Å². The summed E-state index contributed by atoms with van der Waals surface area (Å²) in [5.41, 5.74) is -1.29. The number of nitrogens with zero attached hydrogens (tertiary/aromatic N) is 4. The van der Waals surface area contributed by atoms with Gasteiger partial charge in [-0.25, -0.2) is 0 Å². The van der Waals surface area contributed by atoms with E-state index in [0.29, 0.717) is 56.5 Å². The third kappa shape index (κ3) is 7.06. The number of benzene rings is 2. The molecule has 2 aromatic carbocycles. The lowest BCUT2D eigenvalue weighted by molar-refractivity contribution is -0.388. The minimum absolute atomic E-state index is 0.0375. The predicted octanol–water partition coefficient (Wildman–Crippen LogP) is 4.21. The summed E-state index contributed by atoms with van der Waals surface area (Å²) in [6.07, 6.45) is -3.93. The molecule has 218 valence electrons. The van der Waals surface area contributed by atoms with E-state index in [-0.39, 0.29) is 17.8 Å². The van der Waals surface area contributed by atoms with Crippen molar-refractivity contribution in [2.24, 2.45) is 0 Å². The van der Waals surface area contributed by atoms with Crippen LogP contribution in [0.1, 0.15) is 24.8 Å². The summed E-state index contributed by atoms with van der Waals surface area (Å²) in [6, 6.07) is 8.51. The highest BCUT2D eigenvalue weighted by atomic mass is 19.4. The standard InChI is InChI=1S/C27H33F3N4O6/c1-38-24-6-3-19(17-25(24)39-2)32-15-13-31(14-16-32)10-9-26(35)33-11-7-20(8-12-33)40-21-4-5-23(34(36)37)22(18-21)27(28,29)30/h3-6,17-18,20H,7-16H2,1-2H3. The van der Waals surface area contributed by atoms with Crippen molar-refractivity contribution in [2.75, 3.05) is 64.9 Å². The van der Waals surface area contributed by atoms with Gasteiger partial charge in [0.1, 0.15) is 17.4 Å². The van der Waals surface area contributed by atoms with Gasteiger partial charge in [0.2, 0.25) is 5.91 Å². The van der Waals surface area contributed by atoms with Gasteiger partial charge in [-0.3, -0.25) is 19.8 Å². The number of likely N-dealkylation sites (tertiary alicyclic amines) is 1. The smallest absolute Gasteiger partial charge is 0.423 e. The van der Waals surface area contributed by atoms with Crippen LogP contribution in [0.2, 0.25) is 0 Å². The molecule has 2 fully saturated rings. The van der Waals surface area contributed by atoms with Crippen molar-refractivity contribution >= 4 is 17.3 Å². The number of carbonyl (C=O) groups is 1. The second-order valence-electron chi connectivity index (χ2n) is 9.75. The lowest BCUT2D eigenvalue weighted by Gasteiger charge is -2.37. The first-order chi connectivity index (χ1) is 19.1. The van der Waals surface area contributed by atoms with Crippen molar-refractivity contribution in [2.45, 2.75) is 31.5 Å². The van der Waals surface area contributed by atoms with E-state index in [9.17, 15) is 28.1 Å². The monoisotopic (exact) mass is 566 g/mol. The van der Waals surface area contributed by atoms with Gasteiger partial charge in [-0.1, -0.05) is 0 Å². The van der Waals surface area contributed by atoms with Crippen LogP contribution in [0.4, 0.5) is 24.5 Å². The number of rotatable bonds is 9. The van der Waals surface area contributed by atoms with Crippen LogP contribution in [0.25, 0.3) is 0 Å². The first kappa shape index (κ1) is 29.2. The molecule has 10 nitrogen and oxygen atoms in total. The van der Waals surface area contributed by atoms with Crippen molar-refractivity contribution in [3.05, 3.63) is 52.1 Å². The molecule has 0 bridgehead atoms. The van der Waals surface area contributed by atoms with Gasteiger partial charge in [0.25, 0.3) is 5.69 Å². The number of hydrogen-bond acceptors (Lipinski definition) is 8. The molecule has 0 unspecified atom stereocenters. The highest BCUT2D eigenvalue weighted by molar-refractivity contribution is 5.76. The van der Waals surface area contributed by atoms with E-state index in [1.165, 1.54) is 6.07 Å². The summed E-state index contributed by atoms with van der Waals surface area (Å²) in [4.78, 5) is 29.0. The molecule has 2 saturated heterocycles. The molecule has 13 heteroatoms. The number of nitro groups is 1. The van der Waals surface area contributed by atoms with E-state index in [4.69, 9.17) is 14.2 Å². The van der Waals surface area contributed by atoms with E-state index >= 15 is 0 Å². The number of alkyl halides is 3. The Balaban J connectivity index is 1.21. The van der Waals surface area contributed by atoms with Gasteiger partial charge in [-0.2, -0.15) is 13.2 Å². The van der Waals surface area contributed by atoms with Crippen LogP contribution in [-0.2, 0) is 11.0 Å². The Kier molecular flexibility index (Phi) is 9.23. The maximum absolute atomic E-state index is 13.2. The molecule has 2 heterocycles. The van der Waals surface area contributed by atoms with Gasteiger partial charge >= 0.3 is 6.18 Å². The topological polar surface area (TPSA) is 97.6 Å². The van der Waals surface area contributed by atoms with Gasteiger partial charge < -0.3 is 24.0 Å². The fourth-order valence-corrected chi connectivity index (χ4v) is 5.05. The molecule has 4 rings (SSSR count). The van der Waals surface area contributed by atoms with Crippen LogP contribution in [-0.4, -0.2) is 86.8 Å². The largest absolute Gasteiger partial charge is 0.493 e. The highest BCUT2D eigenvalue weighted by Crippen LogP contribution is 2.38. The number of carbonyl (C=O) groups excluding carboxylic acids is 1. The number of methoxy groups -OCH3 is 2. The molecule has 0 aliphatic carbocycles. The van der Waals surface area contributed by atoms with E-state index in [0.717, 1.165) is 37.9 Å². The van der Waals surface area contributed by atoms with E-state index in [1.54, 1.807) is 19.1 Å². The zero-order valence-corrected chi connectivity index (χ0v) is 22.5.